The lowest BCUT2D eigenvalue weighted by molar-refractivity contribution is 0.0453. The van der Waals surface area contributed by atoms with Crippen LogP contribution in [0.25, 0.3) is 0 Å². The van der Waals surface area contributed by atoms with Crippen LogP contribution < -0.4 is 5.73 Å². The van der Waals surface area contributed by atoms with Gasteiger partial charge in [0.25, 0.3) is 0 Å². The lowest BCUT2D eigenvalue weighted by Gasteiger charge is -2.15. The molecule has 0 saturated carbocycles. The van der Waals surface area contributed by atoms with Gasteiger partial charge in [-0.15, -0.1) is 0 Å². The predicted molar refractivity (Wildman–Crippen MR) is 73.9 cm³/mol. The molecule has 0 saturated heterocycles. The van der Waals surface area contributed by atoms with Crippen LogP contribution in [0.15, 0.2) is 41.1 Å². The summed E-state index contributed by atoms with van der Waals surface area (Å²) in [4.78, 5) is 0. The van der Waals surface area contributed by atoms with Gasteiger partial charge >= 0.3 is 0 Å². The Morgan fingerprint density at radius 1 is 1.44 bits per heavy atom. The highest BCUT2D eigenvalue weighted by molar-refractivity contribution is 9.10. The van der Waals surface area contributed by atoms with E-state index in [1.54, 1.807) is 10.9 Å². The first-order valence-electron chi connectivity index (χ1n) is 5.74. The third-order valence-electron chi connectivity index (χ3n) is 2.71. The molecule has 1 unspecified atom stereocenters. The highest BCUT2D eigenvalue weighted by Gasteiger charge is 2.12. The molecule has 96 valence electrons. The van der Waals surface area contributed by atoms with Crippen molar-refractivity contribution in [3.05, 3.63) is 52.3 Å². The van der Waals surface area contributed by atoms with Gasteiger partial charge < -0.3 is 10.5 Å². The highest BCUT2D eigenvalue weighted by Crippen LogP contribution is 2.21. The second-order valence-corrected chi connectivity index (χ2v) is 4.93. The minimum absolute atomic E-state index is 0.120. The molecule has 5 heteroatoms. The number of benzene rings is 1. The van der Waals surface area contributed by atoms with Crippen LogP contribution in [0.1, 0.15) is 17.2 Å². The molecule has 1 atom stereocenters. The highest BCUT2D eigenvalue weighted by atomic mass is 79.9. The van der Waals surface area contributed by atoms with Crippen molar-refractivity contribution >= 4 is 15.9 Å². The molecular formula is C13H16BrN3O. The van der Waals surface area contributed by atoms with Gasteiger partial charge in [-0.1, -0.05) is 34.1 Å². The summed E-state index contributed by atoms with van der Waals surface area (Å²) in [6.45, 7) is 0.967. The Bertz CT molecular complexity index is 512. The van der Waals surface area contributed by atoms with Gasteiger partial charge in [-0.2, -0.15) is 5.10 Å². The Morgan fingerprint density at radius 2 is 2.22 bits per heavy atom. The van der Waals surface area contributed by atoms with E-state index in [-0.39, 0.29) is 6.10 Å². The van der Waals surface area contributed by atoms with E-state index < -0.39 is 0 Å². The average molecular weight is 310 g/mol. The SMILES string of the molecule is Cn1cc(C(CN)OCc2ccccc2Br)cn1. The first kappa shape index (κ1) is 13.3. The largest absolute Gasteiger partial charge is 0.367 e. The molecule has 0 fully saturated rings. The van der Waals surface area contributed by atoms with E-state index in [2.05, 4.69) is 21.0 Å². The average Bonchev–Trinajstić information content (AvgIpc) is 2.79. The van der Waals surface area contributed by atoms with E-state index in [0.717, 1.165) is 15.6 Å². The number of nitrogens with two attached hydrogens (primary N) is 1. The van der Waals surface area contributed by atoms with Gasteiger partial charge in [0.15, 0.2) is 0 Å². The quantitative estimate of drug-likeness (QED) is 0.922. The smallest absolute Gasteiger partial charge is 0.0981 e. The first-order chi connectivity index (χ1) is 8.70. The lowest BCUT2D eigenvalue weighted by Crippen LogP contribution is -2.15. The van der Waals surface area contributed by atoms with E-state index in [1.807, 2.05) is 37.5 Å². The number of hydrogen-bond acceptors (Lipinski definition) is 3. The van der Waals surface area contributed by atoms with E-state index in [0.29, 0.717) is 13.2 Å². The number of hydrogen-bond donors (Lipinski definition) is 1. The summed E-state index contributed by atoms with van der Waals surface area (Å²) in [6, 6.07) is 8.00. The maximum Gasteiger partial charge on any atom is 0.0981 e. The Hall–Kier alpha value is -1.17. The molecule has 2 rings (SSSR count). The first-order valence-corrected chi connectivity index (χ1v) is 6.53. The van der Waals surface area contributed by atoms with Gasteiger partial charge in [0.05, 0.1) is 18.9 Å². The number of rotatable bonds is 5. The normalized spacial score (nSPS) is 12.6. The molecule has 0 amide bonds. The summed E-state index contributed by atoms with van der Waals surface area (Å²) < 4.78 is 8.65. The maximum atomic E-state index is 5.85. The third-order valence-corrected chi connectivity index (χ3v) is 3.48. The molecule has 0 aliphatic carbocycles. The minimum Gasteiger partial charge on any atom is -0.367 e. The van der Waals surface area contributed by atoms with Gasteiger partial charge in [0.2, 0.25) is 0 Å². The fourth-order valence-corrected chi connectivity index (χ4v) is 2.11. The van der Waals surface area contributed by atoms with E-state index >= 15 is 0 Å². The topological polar surface area (TPSA) is 53.1 Å². The molecule has 0 radical (unpaired) electrons. The second-order valence-electron chi connectivity index (χ2n) is 4.07. The molecule has 0 bridgehead atoms. The summed E-state index contributed by atoms with van der Waals surface area (Å²) in [5.74, 6) is 0. The van der Waals surface area contributed by atoms with Gasteiger partial charge in [-0.3, -0.25) is 4.68 Å². The van der Waals surface area contributed by atoms with E-state index in [4.69, 9.17) is 10.5 Å². The van der Waals surface area contributed by atoms with Crippen molar-refractivity contribution in [2.24, 2.45) is 12.8 Å². The second kappa shape index (κ2) is 6.13. The molecule has 2 N–H and O–H groups in total. The Labute approximate surface area is 115 Å². The molecule has 0 aliphatic rings. The van der Waals surface area contributed by atoms with Crippen LogP contribution in [0.3, 0.4) is 0 Å². The summed E-state index contributed by atoms with van der Waals surface area (Å²) >= 11 is 3.50. The summed E-state index contributed by atoms with van der Waals surface area (Å²) in [7, 11) is 1.88. The van der Waals surface area contributed by atoms with E-state index in [1.165, 1.54) is 0 Å². The van der Waals surface area contributed by atoms with Crippen LogP contribution in [0.5, 0.6) is 0 Å². The number of nitrogens with zero attached hydrogens (tertiary/aromatic N) is 2. The van der Waals surface area contributed by atoms with Crippen molar-refractivity contribution in [3.63, 3.8) is 0 Å². The molecular weight excluding hydrogens is 294 g/mol. The Morgan fingerprint density at radius 3 is 2.83 bits per heavy atom. The van der Waals surface area contributed by atoms with Crippen molar-refractivity contribution in [2.75, 3.05) is 6.54 Å². The van der Waals surface area contributed by atoms with Crippen LogP contribution in [0.2, 0.25) is 0 Å². The van der Waals surface area contributed by atoms with Crippen LogP contribution in [-0.2, 0) is 18.4 Å². The fourth-order valence-electron chi connectivity index (χ4n) is 1.71. The van der Waals surface area contributed by atoms with Crippen molar-refractivity contribution < 1.29 is 4.74 Å². The van der Waals surface area contributed by atoms with Gasteiger partial charge in [-0.25, -0.2) is 0 Å². The van der Waals surface area contributed by atoms with Gasteiger partial charge in [0.1, 0.15) is 0 Å². The van der Waals surface area contributed by atoms with Gasteiger partial charge in [-0.05, 0) is 11.6 Å². The Balaban J connectivity index is 2.02. The van der Waals surface area contributed by atoms with Crippen LogP contribution in [-0.4, -0.2) is 16.3 Å². The number of halogens is 1. The monoisotopic (exact) mass is 309 g/mol. The maximum absolute atomic E-state index is 5.85. The molecule has 0 spiro atoms. The molecule has 1 aromatic carbocycles. The van der Waals surface area contributed by atoms with Crippen LogP contribution in [0, 0.1) is 0 Å². The van der Waals surface area contributed by atoms with Crippen molar-refractivity contribution in [3.8, 4) is 0 Å². The zero-order valence-corrected chi connectivity index (χ0v) is 11.8. The minimum atomic E-state index is -0.120. The van der Waals surface area contributed by atoms with Gasteiger partial charge in [0, 0.05) is 29.8 Å². The fraction of sp³-hybridized carbons (Fsp3) is 0.308. The van der Waals surface area contributed by atoms with Crippen molar-refractivity contribution in [1.29, 1.82) is 0 Å². The summed E-state index contributed by atoms with van der Waals surface area (Å²) in [6.07, 6.45) is 3.60. The van der Waals surface area contributed by atoms with E-state index in [9.17, 15) is 0 Å². The lowest BCUT2D eigenvalue weighted by atomic mass is 10.2. The molecule has 1 aromatic heterocycles. The molecule has 2 aromatic rings. The zero-order chi connectivity index (χ0) is 13.0. The summed E-state index contributed by atoms with van der Waals surface area (Å²) in [5, 5.41) is 4.13. The Kier molecular flexibility index (Phi) is 4.52. The summed E-state index contributed by atoms with van der Waals surface area (Å²) in [5.41, 5.74) is 7.86. The third kappa shape index (κ3) is 3.19. The zero-order valence-electron chi connectivity index (χ0n) is 10.2. The van der Waals surface area contributed by atoms with Crippen molar-refractivity contribution in [2.45, 2.75) is 12.7 Å². The van der Waals surface area contributed by atoms with Crippen molar-refractivity contribution in [1.82, 2.24) is 9.78 Å². The number of aryl methyl sites for hydroxylation is 1. The molecule has 18 heavy (non-hydrogen) atoms. The van der Waals surface area contributed by atoms with Crippen LogP contribution in [0.4, 0.5) is 0 Å². The molecule has 0 aliphatic heterocycles. The molecule has 4 nitrogen and oxygen atoms in total. The molecule has 1 heterocycles. The number of ether oxygens (including phenoxy) is 1. The number of aromatic nitrogens is 2. The standard InChI is InChI=1S/C13H16BrN3O/c1-17-8-11(7-16-17)13(6-15)18-9-10-4-2-3-5-12(10)14/h2-5,7-8,13H,6,9,15H2,1H3. The predicted octanol–water partition coefficient (Wildman–Crippen LogP) is 2.40. The van der Waals surface area contributed by atoms with Crippen LogP contribution >= 0.6 is 15.9 Å².